The van der Waals surface area contributed by atoms with Crippen molar-refractivity contribution in [1.29, 1.82) is 0 Å². The minimum atomic E-state index is -0.327. The fraction of sp³-hybridized carbons (Fsp3) is 0.250. The average Bonchev–Trinajstić information content (AvgIpc) is 3.35. The van der Waals surface area contributed by atoms with Gasteiger partial charge in [-0.15, -0.1) is 10.2 Å². The second-order valence-corrected chi connectivity index (χ2v) is 9.76. The first-order chi connectivity index (χ1) is 18.5. The van der Waals surface area contributed by atoms with Crippen molar-refractivity contribution in [3.8, 4) is 5.69 Å². The van der Waals surface area contributed by atoms with Gasteiger partial charge in [0.25, 0.3) is 5.91 Å². The summed E-state index contributed by atoms with van der Waals surface area (Å²) in [5, 5.41) is 9.20. The highest BCUT2D eigenvalue weighted by molar-refractivity contribution is 7.98. The first-order valence-corrected chi connectivity index (χ1v) is 13.2. The summed E-state index contributed by atoms with van der Waals surface area (Å²) < 4.78 is 34.8. The zero-order chi connectivity index (χ0) is 26.5. The van der Waals surface area contributed by atoms with Gasteiger partial charge in [0.05, 0.1) is 5.69 Å². The molecule has 10 heteroatoms. The molecule has 0 spiro atoms. The Hall–Kier alpha value is -3.76. The average molecular weight is 536 g/mol. The van der Waals surface area contributed by atoms with Crippen LogP contribution >= 0.6 is 11.8 Å². The van der Waals surface area contributed by atoms with Crippen molar-refractivity contribution < 1.29 is 18.3 Å². The Morgan fingerprint density at radius 2 is 1.63 bits per heavy atom. The van der Waals surface area contributed by atoms with Crippen LogP contribution in [0.1, 0.15) is 21.7 Å². The number of hydrogen-bond donors (Lipinski definition) is 0. The third-order valence-corrected chi connectivity index (χ3v) is 7.40. The van der Waals surface area contributed by atoms with Gasteiger partial charge < -0.3 is 14.5 Å². The summed E-state index contributed by atoms with van der Waals surface area (Å²) in [6, 6.07) is 20.4. The van der Waals surface area contributed by atoms with Gasteiger partial charge in [-0.2, -0.15) is 0 Å². The van der Waals surface area contributed by atoms with E-state index in [0.717, 1.165) is 11.3 Å². The van der Waals surface area contributed by atoms with Gasteiger partial charge >= 0.3 is 0 Å². The number of carbonyl (C=O) groups excluding carboxylic acids is 1. The van der Waals surface area contributed by atoms with Gasteiger partial charge in [-0.1, -0.05) is 42.1 Å². The second kappa shape index (κ2) is 11.7. The van der Waals surface area contributed by atoms with Gasteiger partial charge in [-0.3, -0.25) is 9.36 Å². The molecule has 0 unspecified atom stereocenters. The van der Waals surface area contributed by atoms with Crippen LogP contribution < -0.4 is 4.90 Å². The number of halogens is 2. The topological polar surface area (TPSA) is 63.5 Å². The summed E-state index contributed by atoms with van der Waals surface area (Å²) >= 11 is 1.44. The zero-order valence-corrected chi connectivity index (χ0v) is 21.7. The van der Waals surface area contributed by atoms with Crippen LogP contribution in [0.4, 0.5) is 14.5 Å². The van der Waals surface area contributed by atoms with E-state index in [1.54, 1.807) is 31.4 Å². The molecule has 38 heavy (non-hydrogen) atoms. The number of rotatable bonds is 8. The van der Waals surface area contributed by atoms with Crippen molar-refractivity contribution in [2.24, 2.45) is 0 Å². The van der Waals surface area contributed by atoms with Crippen molar-refractivity contribution in [3.63, 3.8) is 0 Å². The highest BCUT2D eigenvalue weighted by Crippen LogP contribution is 2.28. The van der Waals surface area contributed by atoms with Crippen LogP contribution in [0.5, 0.6) is 0 Å². The summed E-state index contributed by atoms with van der Waals surface area (Å²) in [6.45, 7) is 2.39. The maximum absolute atomic E-state index is 14.2. The SMILES string of the molecule is COCc1nnc(SCc2ccccc2C(=O)N2CCN(c3ccccc3F)CC2)n1-c1ccc(F)cc1. The summed E-state index contributed by atoms with van der Waals surface area (Å²) in [4.78, 5) is 17.3. The number of carbonyl (C=O) groups is 1. The normalized spacial score (nSPS) is 13.7. The van der Waals surface area contributed by atoms with Crippen LogP contribution in [-0.4, -0.2) is 58.9 Å². The highest BCUT2D eigenvalue weighted by Gasteiger charge is 2.25. The lowest BCUT2D eigenvalue weighted by atomic mass is 10.1. The first kappa shape index (κ1) is 25.9. The van der Waals surface area contributed by atoms with Crippen LogP contribution in [0.25, 0.3) is 5.69 Å². The summed E-state index contributed by atoms with van der Waals surface area (Å²) in [6.07, 6.45) is 0. The highest BCUT2D eigenvalue weighted by atomic mass is 32.2. The molecule has 0 N–H and O–H groups in total. The molecule has 0 atom stereocenters. The third kappa shape index (κ3) is 5.56. The molecule has 1 aromatic heterocycles. The Labute approximate surface area is 224 Å². The number of piperazine rings is 1. The molecule has 1 saturated heterocycles. The van der Waals surface area contributed by atoms with Crippen molar-refractivity contribution >= 4 is 23.4 Å². The molecule has 4 aromatic rings. The number of amides is 1. The Kier molecular flexibility index (Phi) is 8.00. The summed E-state index contributed by atoms with van der Waals surface area (Å²) in [7, 11) is 1.58. The lowest BCUT2D eigenvalue weighted by molar-refractivity contribution is 0.0746. The molecule has 5 rings (SSSR count). The van der Waals surface area contributed by atoms with E-state index in [1.165, 1.54) is 30.0 Å². The van der Waals surface area contributed by atoms with Gasteiger partial charge in [0.1, 0.15) is 18.2 Å². The van der Waals surface area contributed by atoms with E-state index < -0.39 is 0 Å². The number of ether oxygens (including phenoxy) is 1. The number of hydrogen-bond acceptors (Lipinski definition) is 6. The van der Waals surface area contributed by atoms with Crippen LogP contribution in [0, 0.1) is 11.6 Å². The molecule has 1 aliphatic rings. The van der Waals surface area contributed by atoms with Crippen molar-refractivity contribution in [3.05, 3.63) is 101 Å². The van der Waals surface area contributed by atoms with E-state index in [-0.39, 0.29) is 24.1 Å². The monoisotopic (exact) mass is 535 g/mol. The molecule has 2 heterocycles. The maximum Gasteiger partial charge on any atom is 0.254 e. The standard InChI is InChI=1S/C28H27F2N5O2S/c1-37-18-26-31-32-28(35(26)22-12-10-21(29)11-13-22)38-19-20-6-2-3-7-23(20)27(36)34-16-14-33(15-17-34)25-9-5-4-8-24(25)30/h2-13H,14-19H2,1H3. The molecule has 1 aliphatic heterocycles. The molecular weight excluding hydrogens is 508 g/mol. The number of methoxy groups -OCH3 is 1. The third-order valence-electron chi connectivity index (χ3n) is 6.42. The Bertz CT molecular complexity index is 1400. The minimum absolute atomic E-state index is 0.0468. The fourth-order valence-corrected chi connectivity index (χ4v) is 5.47. The van der Waals surface area contributed by atoms with E-state index in [4.69, 9.17) is 4.74 Å². The number of benzene rings is 3. The lowest BCUT2D eigenvalue weighted by Crippen LogP contribution is -2.49. The largest absolute Gasteiger partial charge is 0.377 e. The predicted molar refractivity (Wildman–Crippen MR) is 143 cm³/mol. The van der Waals surface area contributed by atoms with Crippen LogP contribution in [-0.2, 0) is 17.1 Å². The van der Waals surface area contributed by atoms with Gasteiger partial charge in [-0.25, -0.2) is 8.78 Å². The van der Waals surface area contributed by atoms with Gasteiger partial charge in [0.15, 0.2) is 11.0 Å². The van der Waals surface area contributed by atoms with Crippen molar-refractivity contribution in [1.82, 2.24) is 19.7 Å². The molecule has 0 aliphatic carbocycles. The second-order valence-electron chi connectivity index (χ2n) is 8.82. The smallest absolute Gasteiger partial charge is 0.254 e. The maximum atomic E-state index is 14.2. The molecule has 7 nitrogen and oxygen atoms in total. The molecular formula is C28H27F2N5O2S. The van der Waals surface area contributed by atoms with Crippen LogP contribution in [0.3, 0.4) is 0 Å². The van der Waals surface area contributed by atoms with E-state index in [1.807, 2.05) is 44.7 Å². The van der Waals surface area contributed by atoms with Gasteiger partial charge in [0, 0.05) is 50.3 Å². The molecule has 1 amide bonds. The molecule has 0 bridgehead atoms. The zero-order valence-electron chi connectivity index (χ0n) is 20.9. The Balaban J connectivity index is 1.30. The molecule has 0 saturated carbocycles. The minimum Gasteiger partial charge on any atom is -0.377 e. The van der Waals surface area contributed by atoms with Crippen molar-refractivity contribution in [2.75, 3.05) is 38.2 Å². The van der Waals surface area contributed by atoms with Gasteiger partial charge in [-0.05, 0) is 48.0 Å². The number of para-hydroxylation sites is 1. The van der Waals surface area contributed by atoms with Gasteiger partial charge in [0.2, 0.25) is 0 Å². The van der Waals surface area contributed by atoms with E-state index in [9.17, 15) is 13.6 Å². The quantitative estimate of drug-likeness (QED) is 0.298. The number of nitrogens with zero attached hydrogens (tertiary/aromatic N) is 5. The molecule has 3 aromatic carbocycles. The van der Waals surface area contributed by atoms with E-state index >= 15 is 0 Å². The van der Waals surface area contributed by atoms with Crippen LogP contribution in [0.2, 0.25) is 0 Å². The number of aromatic nitrogens is 3. The first-order valence-electron chi connectivity index (χ1n) is 12.2. The number of anilines is 1. The van der Waals surface area contributed by atoms with E-state index in [0.29, 0.717) is 54.2 Å². The molecule has 0 radical (unpaired) electrons. The van der Waals surface area contributed by atoms with Crippen LogP contribution in [0.15, 0.2) is 78.0 Å². The molecule has 1 fully saturated rings. The molecule has 196 valence electrons. The Morgan fingerprint density at radius 3 is 2.37 bits per heavy atom. The summed E-state index contributed by atoms with van der Waals surface area (Å²) in [5.41, 5.74) is 2.79. The number of thioether (sulfide) groups is 1. The predicted octanol–water partition coefficient (Wildman–Crippen LogP) is 4.95. The lowest BCUT2D eigenvalue weighted by Gasteiger charge is -2.36. The van der Waals surface area contributed by atoms with E-state index in [2.05, 4.69) is 10.2 Å². The van der Waals surface area contributed by atoms with Crippen molar-refractivity contribution in [2.45, 2.75) is 17.5 Å². The summed E-state index contributed by atoms with van der Waals surface area (Å²) in [5.74, 6) is 0.458. The Morgan fingerprint density at radius 1 is 0.921 bits per heavy atom. The fourth-order valence-electron chi connectivity index (χ4n) is 4.49.